The molecule has 0 aliphatic carbocycles. The molecule has 4 heterocycles. The SMILES string of the molecule is COc1ncc(-c2ccc3nc(N)c(-c4cnc(N5CCCCC5)nc4)cc3c2)cc1NS(=O)(=O)c1ccc(F)cc1F. The molecular formula is C30H27F2N7O3S. The van der Waals surface area contributed by atoms with Crippen LogP contribution in [0.2, 0.25) is 0 Å². The van der Waals surface area contributed by atoms with Gasteiger partial charge in [0.2, 0.25) is 11.8 Å². The van der Waals surface area contributed by atoms with E-state index in [9.17, 15) is 17.2 Å². The molecular weight excluding hydrogens is 576 g/mol. The van der Waals surface area contributed by atoms with Gasteiger partial charge in [-0.25, -0.2) is 37.1 Å². The van der Waals surface area contributed by atoms with E-state index in [1.165, 1.54) is 25.8 Å². The molecule has 1 fully saturated rings. The number of anilines is 3. The molecule has 6 rings (SSSR count). The molecule has 0 spiro atoms. The Morgan fingerprint density at radius 2 is 1.63 bits per heavy atom. The maximum atomic E-state index is 14.3. The van der Waals surface area contributed by atoms with E-state index in [-0.39, 0.29) is 11.6 Å². The number of piperidine rings is 1. The van der Waals surface area contributed by atoms with Crippen molar-refractivity contribution in [3.8, 4) is 28.1 Å². The smallest absolute Gasteiger partial charge is 0.264 e. The summed E-state index contributed by atoms with van der Waals surface area (Å²) in [4.78, 5) is 19.4. The number of nitrogens with two attached hydrogens (primary N) is 1. The molecule has 1 aliphatic rings. The number of nitrogen functional groups attached to an aromatic ring is 1. The van der Waals surface area contributed by atoms with Crippen molar-refractivity contribution in [3.63, 3.8) is 0 Å². The lowest BCUT2D eigenvalue weighted by atomic mass is 10.0. The number of nitrogens with one attached hydrogen (secondary N) is 1. The van der Waals surface area contributed by atoms with Gasteiger partial charge >= 0.3 is 0 Å². The molecule has 0 atom stereocenters. The van der Waals surface area contributed by atoms with E-state index in [2.05, 4.69) is 29.6 Å². The Morgan fingerprint density at radius 3 is 2.35 bits per heavy atom. The third-order valence-corrected chi connectivity index (χ3v) is 8.64. The second-order valence-corrected chi connectivity index (χ2v) is 11.8. The van der Waals surface area contributed by atoms with Crippen molar-refractivity contribution in [1.29, 1.82) is 0 Å². The standard InChI is InChI=1S/C30H27F2N7O3S/c1-42-29-26(38-43(40,41)27-8-6-22(31)14-24(27)32)13-20(15-34-29)18-5-7-25-19(11-18)12-23(28(33)37-25)21-16-35-30(36-17-21)39-9-3-2-4-10-39/h5-8,11-17,38H,2-4,9-10H2,1H3,(H2,33,37). The van der Waals surface area contributed by atoms with E-state index in [4.69, 9.17) is 10.5 Å². The number of rotatable bonds is 7. The number of benzene rings is 2. The van der Waals surface area contributed by atoms with Gasteiger partial charge in [0.25, 0.3) is 10.0 Å². The van der Waals surface area contributed by atoms with Gasteiger partial charge in [-0.2, -0.15) is 0 Å². The van der Waals surface area contributed by atoms with Crippen LogP contribution in [-0.2, 0) is 10.0 Å². The van der Waals surface area contributed by atoms with Crippen molar-refractivity contribution in [3.05, 3.63) is 78.8 Å². The molecule has 1 saturated heterocycles. The second-order valence-electron chi connectivity index (χ2n) is 10.1. The summed E-state index contributed by atoms with van der Waals surface area (Å²) in [5.74, 6) is -1.11. The number of methoxy groups -OCH3 is 1. The minimum atomic E-state index is -4.43. The molecule has 3 aromatic heterocycles. The summed E-state index contributed by atoms with van der Waals surface area (Å²) in [5, 5.41) is 0.771. The average molecular weight is 604 g/mol. The van der Waals surface area contributed by atoms with Gasteiger partial charge in [0.1, 0.15) is 28.0 Å². The Morgan fingerprint density at radius 1 is 0.884 bits per heavy atom. The zero-order valence-electron chi connectivity index (χ0n) is 23.1. The third-order valence-electron chi connectivity index (χ3n) is 7.24. The molecule has 220 valence electrons. The maximum Gasteiger partial charge on any atom is 0.264 e. The van der Waals surface area contributed by atoms with Crippen LogP contribution in [0.15, 0.2) is 72.0 Å². The predicted molar refractivity (Wildman–Crippen MR) is 160 cm³/mol. The van der Waals surface area contributed by atoms with Gasteiger partial charge in [0.05, 0.1) is 12.6 Å². The van der Waals surface area contributed by atoms with Gasteiger partial charge in [-0.15, -0.1) is 0 Å². The van der Waals surface area contributed by atoms with Crippen LogP contribution in [0.5, 0.6) is 5.88 Å². The van der Waals surface area contributed by atoms with E-state index in [1.807, 2.05) is 12.1 Å². The minimum absolute atomic E-state index is 0.0223. The van der Waals surface area contributed by atoms with Gasteiger partial charge in [-0.3, -0.25) is 4.72 Å². The largest absolute Gasteiger partial charge is 0.480 e. The number of sulfonamides is 1. The molecule has 0 bridgehead atoms. The summed E-state index contributed by atoms with van der Waals surface area (Å²) in [5.41, 5.74) is 9.60. The van der Waals surface area contributed by atoms with Crippen LogP contribution >= 0.6 is 0 Å². The maximum absolute atomic E-state index is 14.3. The van der Waals surface area contributed by atoms with Crippen LogP contribution in [0, 0.1) is 11.6 Å². The van der Waals surface area contributed by atoms with E-state index < -0.39 is 26.6 Å². The van der Waals surface area contributed by atoms with E-state index >= 15 is 0 Å². The first kappa shape index (κ1) is 28.2. The minimum Gasteiger partial charge on any atom is -0.480 e. The lowest BCUT2D eigenvalue weighted by molar-refractivity contribution is 0.400. The van der Waals surface area contributed by atoms with Gasteiger partial charge in [0, 0.05) is 59.8 Å². The first-order valence-electron chi connectivity index (χ1n) is 13.5. The molecule has 5 aromatic rings. The number of pyridine rings is 2. The van der Waals surface area contributed by atoms with E-state index in [0.717, 1.165) is 49.0 Å². The van der Waals surface area contributed by atoms with Crippen molar-refractivity contribution in [2.75, 3.05) is 35.6 Å². The van der Waals surface area contributed by atoms with Crippen LogP contribution in [-0.4, -0.2) is 48.6 Å². The molecule has 1 aliphatic heterocycles. The number of hydrogen-bond donors (Lipinski definition) is 2. The monoisotopic (exact) mass is 603 g/mol. The summed E-state index contributed by atoms with van der Waals surface area (Å²) in [6.45, 7) is 1.88. The Bertz CT molecular complexity index is 1930. The molecule has 3 N–H and O–H groups in total. The quantitative estimate of drug-likeness (QED) is 0.250. The Kier molecular flexibility index (Phi) is 7.48. The van der Waals surface area contributed by atoms with Gasteiger partial charge in [0.15, 0.2) is 0 Å². The molecule has 0 amide bonds. The lowest BCUT2D eigenvalue weighted by Crippen LogP contribution is -2.30. The Hall–Kier alpha value is -4.91. The third kappa shape index (κ3) is 5.75. The number of hydrogen-bond acceptors (Lipinski definition) is 9. The highest BCUT2D eigenvalue weighted by Crippen LogP contribution is 2.34. The second kappa shape index (κ2) is 11.4. The predicted octanol–water partition coefficient (Wildman–Crippen LogP) is 5.41. The number of nitrogens with zero attached hydrogens (tertiary/aromatic N) is 5. The summed E-state index contributed by atoms with van der Waals surface area (Å²) in [6.07, 6.45) is 8.48. The molecule has 10 nitrogen and oxygen atoms in total. The van der Waals surface area contributed by atoms with E-state index in [1.54, 1.807) is 24.5 Å². The molecule has 43 heavy (non-hydrogen) atoms. The number of halogens is 2. The normalized spacial score (nSPS) is 13.7. The van der Waals surface area contributed by atoms with Crippen molar-refractivity contribution in [2.24, 2.45) is 0 Å². The van der Waals surface area contributed by atoms with Crippen molar-refractivity contribution < 1.29 is 21.9 Å². The molecule has 13 heteroatoms. The topological polar surface area (TPSA) is 136 Å². The summed E-state index contributed by atoms with van der Waals surface area (Å²) < 4.78 is 61.1. The molecule has 0 saturated carbocycles. The fourth-order valence-electron chi connectivity index (χ4n) is 5.06. The van der Waals surface area contributed by atoms with Gasteiger partial charge in [-0.05, 0) is 61.2 Å². The van der Waals surface area contributed by atoms with Gasteiger partial charge < -0.3 is 15.4 Å². The van der Waals surface area contributed by atoms with Crippen LogP contribution < -0.4 is 20.1 Å². The zero-order valence-corrected chi connectivity index (χ0v) is 23.9. The molecule has 0 unspecified atom stereocenters. The van der Waals surface area contributed by atoms with Gasteiger partial charge in [-0.1, -0.05) is 6.07 Å². The highest BCUT2D eigenvalue weighted by atomic mass is 32.2. The fourth-order valence-corrected chi connectivity index (χ4v) is 6.17. The van der Waals surface area contributed by atoms with Crippen LogP contribution in [0.25, 0.3) is 33.2 Å². The van der Waals surface area contributed by atoms with Crippen LogP contribution in [0.3, 0.4) is 0 Å². The Balaban J connectivity index is 1.33. The van der Waals surface area contributed by atoms with E-state index in [0.29, 0.717) is 40.0 Å². The Labute approximate surface area is 246 Å². The highest BCUT2D eigenvalue weighted by molar-refractivity contribution is 7.92. The zero-order chi connectivity index (χ0) is 30.1. The average Bonchev–Trinajstić information content (AvgIpc) is 3.00. The number of aromatic nitrogens is 4. The molecule has 0 radical (unpaired) electrons. The summed E-state index contributed by atoms with van der Waals surface area (Å²) in [6, 6.07) is 11.1. The highest BCUT2D eigenvalue weighted by Gasteiger charge is 2.22. The lowest BCUT2D eigenvalue weighted by Gasteiger charge is -2.26. The number of fused-ring (bicyclic) bond motifs is 1. The van der Waals surface area contributed by atoms with Crippen LogP contribution in [0.1, 0.15) is 19.3 Å². The first-order valence-corrected chi connectivity index (χ1v) is 15.0. The van der Waals surface area contributed by atoms with Crippen molar-refractivity contribution >= 4 is 38.4 Å². The van der Waals surface area contributed by atoms with Crippen molar-refractivity contribution in [1.82, 2.24) is 19.9 Å². The molecule has 2 aromatic carbocycles. The van der Waals surface area contributed by atoms with Crippen LogP contribution in [0.4, 0.5) is 26.2 Å². The van der Waals surface area contributed by atoms with Crippen molar-refractivity contribution in [2.45, 2.75) is 24.2 Å². The number of ether oxygens (including phenoxy) is 1. The summed E-state index contributed by atoms with van der Waals surface area (Å²) in [7, 11) is -3.10. The first-order chi connectivity index (χ1) is 20.7. The fraction of sp³-hybridized carbons (Fsp3) is 0.200. The summed E-state index contributed by atoms with van der Waals surface area (Å²) >= 11 is 0.